The average Bonchev–Trinajstić information content (AvgIpc) is 3.20. The molecule has 1 amide bonds. The predicted molar refractivity (Wildman–Crippen MR) is 142 cm³/mol. The van der Waals surface area contributed by atoms with Crippen molar-refractivity contribution in [2.75, 3.05) is 20.3 Å². The van der Waals surface area contributed by atoms with Crippen LogP contribution in [0.15, 0.2) is 103 Å². The number of ether oxygens (including phenoxy) is 2. The molecule has 5 rings (SSSR count). The molecule has 1 saturated heterocycles. The summed E-state index contributed by atoms with van der Waals surface area (Å²) in [4.78, 5) is 27.8. The van der Waals surface area contributed by atoms with Gasteiger partial charge in [-0.2, -0.15) is 0 Å². The average molecular weight is 494 g/mol. The minimum Gasteiger partial charge on any atom is -0.507 e. The number of amides is 1. The van der Waals surface area contributed by atoms with Gasteiger partial charge in [-0.15, -0.1) is 0 Å². The van der Waals surface area contributed by atoms with Crippen LogP contribution in [0.25, 0.3) is 16.5 Å². The highest BCUT2D eigenvalue weighted by Crippen LogP contribution is 2.40. The normalized spacial score (nSPS) is 16.9. The highest BCUT2D eigenvalue weighted by Gasteiger charge is 2.46. The number of aliphatic hydroxyl groups excluding tert-OH is 1. The number of aliphatic hydroxyl groups is 1. The van der Waals surface area contributed by atoms with Gasteiger partial charge >= 0.3 is 0 Å². The smallest absolute Gasteiger partial charge is 0.295 e. The summed E-state index contributed by atoms with van der Waals surface area (Å²) in [6.07, 6.45) is 0. The molecule has 1 atom stereocenters. The molecule has 0 aliphatic carbocycles. The second kappa shape index (κ2) is 10.7. The molecule has 0 saturated carbocycles. The van der Waals surface area contributed by atoms with E-state index in [9.17, 15) is 14.7 Å². The Hall–Kier alpha value is -4.42. The molecule has 1 aliphatic heterocycles. The molecule has 6 nitrogen and oxygen atoms in total. The molecule has 1 heterocycles. The van der Waals surface area contributed by atoms with E-state index in [2.05, 4.69) is 0 Å². The highest BCUT2D eigenvalue weighted by atomic mass is 16.5. The molecular formula is C31H27NO5. The van der Waals surface area contributed by atoms with Crippen LogP contribution < -0.4 is 4.74 Å². The number of fused-ring (bicyclic) bond motifs is 1. The van der Waals surface area contributed by atoms with E-state index in [4.69, 9.17) is 9.47 Å². The minimum atomic E-state index is -0.753. The van der Waals surface area contributed by atoms with E-state index in [1.165, 1.54) is 4.90 Å². The third kappa shape index (κ3) is 4.84. The third-order valence-electron chi connectivity index (χ3n) is 6.57. The zero-order chi connectivity index (χ0) is 25.8. The van der Waals surface area contributed by atoms with Crippen molar-refractivity contribution in [1.29, 1.82) is 0 Å². The monoisotopic (exact) mass is 493 g/mol. The van der Waals surface area contributed by atoms with Gasteiger partial charge in [-0.05, 0) is 34.0 Å². The van der Waals surface area contributed by atoms with Crippen molar-refractivity contribution in [2.24, 2.45) is 0 Å². The van der Waals surface area contributed by atoms with Crippen LogP contribution in [-0.4, -0.2) is 42.0 Å². The molecule has 1 unspecified atom stereocenters. The van der Waals surface area contributed by atoms with Gasteiger partial charge in [0.1, 0.15) is 18.1 Å². The topological polar surface area (TPSA) is 76.1 Å². The molecular weight excluding hydrogens is 466 g/mol. The Labute approximate surface area is 215 Å². The van der Waals surface area contributed by atoms with Crippen LogP contribution in [0.1, 0.15) is 22.7 Å². The fourth-order valence-electron chi connectivity index (χ4n) is 4.71. The lowest BCUT2D eigenvalue weighted by molar-refractivity contribution is -0.140. The van der Waals surface area contributed by atoms with Gasteiger partial charge in [-0.3, -0.25) is 9.59 Å². The molecule has 0 spiro atoms. The van der Waals surface area contributed by atoms with Crippen molar-refractivity contribution in [1.82, 2.24) is 4.90 Å². The van der Waals surface area contributed by atoms with Gasteiger partial charge in [0.2, 0.25) is 0 Å². The van der Waals surface area contributed by atoms with Crippen LogP contribution in [-0.2, 0) is 20.9 Å². The van der Waals surface area contributed by atoms with Gasteiger partial charge in [0.05, 0.1) is 18.2 Å². The van der Waals surface area contributed by atoms with E-state index in [1.807, 2.05) is 91.0 Å². The molecule has 0 radical (unpaired) electrons. The number of benzene rings is 4. The first-order valence-electron chi connectivity index (χ1n) is 12.1. The Morgan fingerprint density at radius 3 is 2.32 bits per heavy atom. The zero-order valence-electron chi connectivity index (χ0n) is 20.5. The lowest BCUT2D eigenvalue weighted by Crippen LogP contribution is -2.32. The summed E-state index contributed by atoms with van der Waals surface area (Å²) < 4.78 is 11.1. The van der Waals surface area contributed by atoms with E-state index in [1.54, 1.807) is 13.2 Å². The number of methoxy groups -OCH3 is 1. The maximum Gasteiger partial charge on any atom is 0.295 e. The fraction of sp³-hybridized carbons (Fsp3) is 0.161. The van der Waals surface area contributed by atoms with Crippen molar-refractivity contribution in [3.8, 4) is 5.75 Å². The first-order valence-corrected chi connectivity index (χ1v) is 12.1. The summed E-state index contributed by atoms with van der Waals surface area (Å²) >= 11 is 0. The van der Waals surface area contributed by atoms with Gasteiger partial charge in [0.15, 0.2) is 0 Å². The Morgan fingerprint density at radius 2 is 1.57 bits per heavy atom. The molecule has 0 aromatic heterocycles. The van der Waals surface area contributed by atoms with Gasteiger partial charge in [0, 0.05) is 19.2 Å². The number of likely N-dealkylation sites (tertiary alicyclic amines) is 1. The summed E-state index contributed by atoms with van der Waals surface area (Å²) in [6.45, 7) is 0.897. The van der Waals surface area contributed by atoms with Crippen LogP contribution in [0.5, 0.6) is 5.75 Å². The van der Waals surface area contributed by atoms with Crippen molar-refractivity contribution >= 4 is 28.2 Å². The number of rotatable bonds is 8. The Bertz CT molecular complexity index is 1450. The van der Waals surface area contributed by atoms with Crippen LogP contribution in [0.3, 0.4) is 0 Å². The highest BCUT2D eigenvalue weighted by molar-refractivity contribution is 6.46. The zero-order valence-corrected chi connectivity index (χ0v) is 20.5. The molecule has 1 aliphatic rings. The molecule has 1 N–H and O–H groups in total. The maximum atomic E-state index is 13.3. The third-order valence-corrected chi connectivity index (χ3v) is 6.57. The molecule has 1 fully saturated rings. The van der Waals surface area contributed by atoms with E-state index in [0.717, 1.165) is 16.3 Å². The van der Waals surface area contributed by atoms with Crippen LogP contribution in [0, 0.1) is 0 Å². The Balaban J connectivity index is 1.54. The van der Waals surface area contributed by atoms with E-state index in [-0.39, 0.29) is 24.5 Å². The molecule has 37 heavy (non-hydrogen) atoms. The number of Topliss-reactive ketones (excluding diaryl/α,β-unsaturated/α-hetero) is 1. The van der Waals surface area contributed by atoms with Crippen molar-refractivity contribution < 1.29 is 24.2 Å². The first-order chi connectivity index (χ1) is 18.1. The van der Waals surface area contributed by atoms with Crippen molar-refractivity contribution in [3.63, 3.8) is 0 Å². The summed E-state index contributed by atoms with van der Waals surface area (Å²) in [5.41, 5.74) is 2.32. The number of ketones is 1. The molecule has 4 aromatic carbocycles. The number of hydrogen-bond donors (Lipinski definition) is 1. The van der Waals surface area contributed by atoms with Crippen LogP contribution in [0.4, 0.5) is 0 Å². The molecule has 0 bridgehead atoms. The number of carbonyl (C=O) groups excluding carboxylic acids is 2. The first kappa shape index (κ1) is 24.3. The van der Waals surface area contributed by atoms with Gasteiger partial charge in [-0.1, -0.05) is 84.9 Å². The Kier molecular flexibility index (Phi) is 7.01. The van der Waals surface area contributed by atoms with E-state index < -0.39 is 17.7 Å². The quantitative estimate of drug-likeness (QED) is 0.200. The summed E-state index contributed by atoms with van der Waals surface area (Å²) in [5.74, 6) is -0.899. The second-order valence-electron chi connectivity index (χ2n) is 8.86. The number of carbonyl (C=O) groups is 2. The number of hydrogen-bond acceptors (Lipinski definition) is 5. The number of nitrogens with zero attached hydrogens (tertiary/aromatic N) is 1. The van der Waals surface area contributed by atoms with E-state index >= 15 is 0 Å². The summed E-state index contributed by atoms with van der Waals surface area (Å²) in [6, 6.07) is 29.5. The van der Waals surface area contributed by atoms with Crippen LogP contribution in [0.2, 0.25) is 0 Å². The van der Waals surface area contributed by atoms with Crippen molar-refractivity contribution in [3.05, 3.63) is 119 Å². The SMILES string of the molecule is COCCN1C(=O)C(=O)/C(=C(\O)c2cccc3ccccc23)C1c1ccc(OCc2ccccc2)cc1. The standard InChI is InChI=1S/C31H27NO5/c1-36-19-18-32-28(23-14-16-24(17-15-23)37-20-21-8-3-2-4-9-21)27(30(34)31(32)35)29(33)26-13-7-11-22-10-5-6-12-25(22)26/h2-17,28,33H,18-20H2,1H3/b29-27-. The largest absolute Gasteiger partial charge is 0.507 e. The summed E-state index contributed by atoms with van der Waals surface area (Å²) in [5, 5.41) is 13.2. The lowest BCUT2D eigenvalue weighted by atomic mass is 9.93. The van der Waals surface area contributed by atoms with Gasteiger partial charge in [-0.25, -0.2) is 0 Å². The maximum absolute atomic E-state index is 13.3. The fourth-order valence-corrected chi connectivity index (χ4v) is 4.71. The summed E-state index contributed by atoms with van der Waals surface area (Å²) in [7, 11) is 1.54. The van der Waals surface area contributed by atoms with Crippen LogP contribution >= 0.6 is 0 Å². The van der Waals surface area contributed by atoms with Gasteiger partial charge in [0.25, 0.3) is 11.7 Å². The minimum absolute atomic E-state index is 0.0652. The molecule has 186 valence electrons. The second-order valence-corrected chi connectivity index (χ2v) is 8.86. The molecule has 6 heteroatoms. The van der Waals surface area contributed by atoms with E-state index in [0.29, 0.717) is 23.5 Å². The predicted octanol–water partition coefficient (Wildman–Crippen LogP) is 5.49. The van der Waals surface area contributed by atoms with Crippen molar-refractivity contribution in [2.45, 2.75) is 12.6 Å². The molecule has 4 aromatic rings. The van der Waals surface area contributed by atoms with Gasteiger partial charge < -0.3 is 19.5 Å². The lowest BCUT2D eigenvalue weighted by Gasteiger charge is -2.25. The Morgan fingerprint density at radius 1 is 0.865 bits per heavy atom.